The quantitative estimate of drug-likeness (QED) is 0.633. The summed E-state index contributed by atoms with van der Waals surface area (Å²) < 4.78 is 16.6. The van der Waals surface area contributed by atoms with Gasteiger partial charge in [-0.25, -0.2) is 4.79 Å². The standard InChI is InChI=1S/C23H27NO5/c1-3-24(19-8-5-4-6-9-19)22(25)17(2)29-23(26)18-11-13-20(14-12-18)28-16-21-10-7-15-27-21/h4-6,8-9,11-14,17,21H,3,7,10,15-16H2,1-2H3/t17-,21-/m1/s1. The Morgan fingerprint density at radius 2 is 1.86 bits per heavy atom. The molecule has 3 rings (SSSR count). The number of esters is 1. The largest absolute Gasteiger partial charge is 0.491 e. The number of hydrogen-bond donors (Lipinski definition) is 0. The fourth-order valence-corrected chi connectivity index (χ4v) is 3.22. The molecule has 2 aromatic rings. The Bertz CT molecular complexity index is 800. The Balaban J connectivity index is 1.55. The first-order valence-corrected chi connectivity index (χ1v) is 10.0. The second kappa shape index (κ2) is 10.1. The highest BCUT2D eigenvalue weighted by molar-refractivity contribution is 5.99. The molecule has 0 unspecified atom stereocenters. The topological polar surface area (TPSA) is 65.1 Å². The second-order valence-electron chi connectivity index (χ2n) is 6.94. The molecule has 1 amide bonds. The maximum atomic E-state index is 12.7. The molecule has 0 aliphatic carbocycles. The monoisotopic (exact) mass is 397 g/mol. The molecule has 0 aromatic heterocycles. The van der Waals surface area contributed by atoms with Crippen LogP contribution in [-0.2, 0) is 14.3 Å². The van der Waals surface area contributed by atoms with E-state index in [1.54, 1.807) is 36.1 Å². The van der Waals surface area contributed by atoms with Crippen molar-refractivity contribution in [2.45, 2.75) is 38.9 Å². The Kier molecular flexibility index (Phi) is 7.25. The maximum absolute atomic E-state index is 12.7. The molecule has 1 fully saturated rings. The van der Waals surface area contributed by atoms with Crippen LogP contribution in [0.2, 0.25) is 0 Å². The van der Waals surface area contributed by atoms with Gasteiger partial charge in [0.05, 0.1) is 11.7 Å². The lowest BCUT2D eigenvalue weighted by molar-refractivity contribution is -0.126. The molecule has 0 saturated carbocycles. The number of carbonyl (C=O) groups excluding carboxylic acids is 2. The second-order valence-corrected chi connectivity index (χ2v) is 6.94. The zero-order chi connectivity index (χ0) is 20.6. The van der Waals surface area contributed by atoms with Crippen LogP contribution in [0.25, 0.3) is 0 Å². The average molecular weight is 397 g/mol. The van der Waals surface area contributed by atoms with Gasteiger partial charge in [-0.15, -0.1) is 0 Å². The molecule has 29 heavy (non-hydrogen) atoms. The van der Waals surface area contributed by atoms with E-state index < -0.39 is 12.1 Å². The van der Waals surface area contributed by atoms with E-state index in [4.69, 9.17) is 14.2 Å². The van der Waals surface area contributed by atoms with Crippen molar-refractivity contribution >= 4 is 17.6 Å². The lowest BCUT2D eigenvalue weighted by Gasteiger charge is -2.24. The van der Waals surface area contributed by atoms with Crippen molar-refractivity contribution in [1.82, 2.24) is 0 Å². The van der Waals surface area contributed by atoms with E-state index in [0.29, 0.717) is 24.5 Å². The van der Waals surface area contributed by atoms with Gasteiger partial charge in [-0.3, -0.25) is 4.79 Å². The van der Waals surface area contributed by atoms with E-state index in [2.05, 4.69) is 0 Å². The summed E-state index contributed by atoms with van der Waals surface area (Å²) >= 11 is 0. The highest BCUT2D eigenvalue weighted by Gasteiger charge is 2.24. The van der Waals surface area contributed by atoms with Gasteiger partial charge >= 0.3 is 5.97 Å². The minimum atomic E-state index is -0.891. The number of likely N-dealkylation sites (N-methyl/N-ethyl adjacent to an activating group) is 1. The number of amides is 1. The van der Waals surface area contributed by atoms with Crippen LogP contribution < -0.4 is 9.64 Å². The first kappa shape index (κ1) is 20.9. The molecule has 0 N–H and O–H groups in total. The first-order chi connectivity index (χ1) is 14.1. The van der Waals surface area contributed by atoms with Crippen LogP contribution in [0.1, 0.15) is 37.0 Å². The molecule has 6 heteroatoms. The molecule has 1 aliphatic rings. The van der Waals surface area contributed by atoms with Gasteiger partial charge < -0.3 is 19.1 Å². The average Bonchev–Trinajstić information content (AvgIpc) is 3.27. The fourth-order valence-electron chi connectivity index (χ4n) is 3.22. The van der Waals surface area contributed by atoms with Gasteiger partial charge in [0, 0.05) is 18.8 Å². The summed E-state index contributed by atoms with van der Waals surface area (Å²) in [5, 5.41) is 0. The van der Waals surface area contributed by atoms with Crippen molar-refractivity contribution < 1.29 is 23.8 Å². The number of ether oxygens (including phenoxy) is 3. The van der Waals surface area contributed by atoms with Crippen molar-refractivity contribution in [3.63, 3.8) is 0 Å². The number of para-hydroxylation sites is 1. The number of nitrogens with zero attached hydrogens (tertiary/aromatic N) is 1. The number of hydrogen-bond acceptors (Lipinski definition) is 5. The summed E-state index contributed by atoms with van der Waals surface area (Å²) in [5.74, 6) is -0.133. The van der Waals surface area contributed by atoms with Crippen LogP contribution in [0.5, 0.6) is 5.75 Å². The normalized spacial score (nSPS) is 16.8. The van der Waals surface area contributed by atoms with E-state index in [0.717, 1.165) is 25.1 Å². The molecule has 1 heterocycles. The minimum absolute atomic E-state index is 0.137. The highest BCUT2D eigenvalue weighted by atomic mass is 16.5. The third-order valence-electron chi connectivity index (χ3n) is 4.83. The predicted octanol–water partition coefficient (Wildman–Crippen LogP) is 3.84. The fraction of sp³-hybridized carbons (Fsp3) is 0.391. The van der Waals surface area contributed by atoms with Crippen LogP contribution in [0.3, 0.4) is 0 Å². The van der Waals surface area contributed by atoms with Gasteiger partial charge in [0.1, 0.15) is 12.4 Å². The van der Waals surface area contributed by atoms with Gasteiger partial charge in [-0.2, -0.15) is 0 Å². The van der Waals surface area contributed by atoms with Gasteiger partial charge in [-0.1, -0.05) is 18.2 Å². The SMILES string of the molecule is CCN(C(=O)[C@@H](C)OC(=O)c1ccc(OC[C@H]2CCCO2)cc1)c1ccccc1. The highest BCUT2D eigenvalue weighted by Crippen LogP contribution is 2.18. The van der Waals surface area contributed by atoms with E-state index in [-0.39, 0.29) is 12.0 Å². The zero-order valence-electron chi connectivity index (χ0n) is 16.9. The summed E-state index contributed by atoms with van der Waals surface area (Å²) in [6.07, 6.45) is 1.32. The van der Waals surface area contributed by atoms with Crippen LogP contribution in [0.4, 0.5) is 5.69 Å². The van der Waals surface area contributed by atoms with Crippen molar-refractivity contribution in [1.29, 1.82) is 0 Å². The molecule has 2 aromatic carbocycles. The lowest BCUT2D eigenvalue weighted by atomic mass is 10.2. The van der Waals surface area contributed by atoms with E-state index in [1.807, 2.05) is 37.3 Å². The van der Waals surface area contributed by atoms with Gasteiger partial charge in [0.15, 0.2) is 6.10 Å². The van der Waals surface area contributed by atoms with Gasteiger partial charge in [-0.05, 0) is 63.1 Å². The number of anilines is 1. The van der Waals surface area contributed by atoms with Gasteiger partial charge in [0.2, 0.25) is 0 Å². The smallest absolute Gasteiger partial charge is 0.338 e. The first-order valence-electron chi connectivity index (χ1n) is 10.0. The third-order valence-corrected chi connectivity index (χ3v) is 4.83. The molecular weight excluding hydrogens is 370 g/mol. The summed E-state index contributed by atoms with van der Waals surface area (Å²) in [6, 6.07) is 16.0. The van der Waals surface area contributed by atoms with Crippen molar-refractivity contribution in [3.05, 3.63) is 60.2 Å². The van der Waals surface area contributed by atoms with Crippen LogP contribution in [0.15, 0.2) is 54.6 Å². The summed E-state index contributed by atoms with van der Waals surface area (Å²) in [6.45, 7) is 5.25. The lowest BCUT2D eigenvalue weighted by Crippen LogP contribution is -2.40. The van der Waals surface area contributed by atoms with Crippen LogP contribution in [0, 0.1) is 0 Å². The van der Waals surface area contributed by atoms with Crippen LogP contribution >= 0.6 is 0 Å². The summed E-state index contributed by atoms with van der Waals surface area (Å²) in [7, 11) is 0. The number of rotatable bonds is 8. The maximum Gasteiger partial charge on any atom is 0.338 e. The molecule has 1 saturated heterocycles. The van der Waals surface area contributed by atoms with E-state index >= 15 is 0 Å². The molecular formula is C23H27NO5. The van der Waals surface area contributed by atoms with Crippen LogP contribution in [-0.4, -0.2) is 43.8 Å². The third kappa shape index (κ3) is 5.57. The molecule has 2 atom stereocenters. The minimum Gasteiger partial charge on any atom is -0.491 e. The molecule has 0 bridgehead atoms. The Morgan fingerprint density at radius 3 is 2.48 bits per heavy atom. The predicted molar refractivity (Wildman–Crippen MR) is 110 cm³/mol. The number of benzene rings is 2. The molecule has 6 nitrogen and oxygen atoms in total. The molecule has 1 aliphatic heterocycles. The van der Waals surface area contributed by atoms with Crippen molar-refractivity contribution in [2.75, 3.05) is 24.7 Å². The Labute approximate surface area is 171 Å². The van der Waals surface area contributed by atoms with Crippen molar-refractivity contribution in [3.8, 4) is 5.75 Å². The van der Waals surface area contributed by atoms with E-state index in [9.17, 15) is 9.59 Å². The Morgan fingerprint density at radius 1 is 1.14 bits per heavy atom. The zero-order valence-corrected chi connectivity index (χ0v) is 16.9. The molecule has 0 spiro atoms. The van der Waals surface area contributed by atoms with E-state index in [1.165, 1.54) is 0 Å². The number of carbonyl (C=O) groups is 2. The van der Waals surface area contributed by atoms with Gasteiger partial charge in [0.25, 0.3) is 5.91 Å². The summed E-state index contributed by atoms with van der Waals surface area (Å²) in [5.41, 5.74) is 1.15. The molecule has 154 valence electrons. The summed E-state index contributed by atoms with van der Waals surface area (Å²) in [4.78, 5) is 26.8. The molecule has 0 radical (unpaired) electrons. The van der Waals surface area contributed by atoms with Crippen molar-refractivity contribution in [2.24, 2.45) is 0 Å². The Hall–Kier alpha value is -2.86.